The van der Waals surface area contributed by atoms with Gasteiger partial charge in [-0.25, -0.2) is 4.79 Å². The molecule has 25 heteroatoms. The molecule has 80 heavy (non-hydrogen) atoms. The number of nitrogens with zero attached hydrogens (tertiary/aromatic N) is 4. The van der Waals surface area contributed by atoms with Gasteiger partial charge in [-0.3, -0.25) is 44.0 Å². The van der Waals surface area contributed by atoms with Crippen molar-refractivity contribution < 1.29 is 58.7 Å². The van der Waals surface area contributed by atoms with Crippen molar-refractivity contribution in [1.29, 1.82) is 0 Å². The fraction of sp³-hybridized carbons (Fsp3) is 0.527. The van der Waals surface area contributed by atoms with E-state index >= 15 is 14.4 Å². The quantitative estimate of drug-likeness (QED) is 0.0405. The first kappa shape index (κ1) is 60.7. The fourth-order valence-corrected chi connectivity index (χ4v) is 10.9. The minimum Gasteiger partial charge on any atom is -0.762 e. The standard InChI is InChI=1S/C55H71ClN10O14/c1-7-15-32-22-42-55(74)80-31(6)47(62-49(68)37(23-35-25-40(35)65(76)77)57-50(69)39-20-21-43(56)64(39)75)53(72)61-45(29(4)33-16-11-9-12-17-33)51(70)58-38(24-36-26-41(36)66(78)79)48(67)60-46(30(5)34-18-13-10-14-19-34)52(71)59-44(28(3)8-2)54(73)63(42)27-32/h7,9-21,28-32,35-38,40-42,44-47,75-76,78H,8,22-27H2,1-6H3,(H,57,69)(H,58,70)(H,59,71)(H,60,67)(H,61,72)(H,62,68)/q-2/b15-7-/t28-,29+,30+,31+,32-,35+,36+,37-,38+,40+,41+,42-,44-,45-,46-,47+/m0/s1. The number of carbonyl (C=O) groups is 8. The van der Waals surface area contributed by atoms with Gasteiger partial charge in [0.2, 0.25) is 35.4 Å². The van der Waals surface area contributed by atoms with Crippen LogP contribution in [0.4, 0.5) is 0 Å². The van der Waals surface area contributed by atoms with Crippen LogP contribution in [-0.4, -0.2) is 150 Å². The molecule has 16 atom stereocenters. The van der Waals surface area contributed by atoms with Crippen LogP contribution >= 0.6 is 11.6 Å². The van der Waals surface area contributed by atoms with Crippen molar-refractivity contribution in [3.63, 3.8) is 0 Å². The molecule has 4 fully saturated rings. The van der Waals surface area contributed by atoms with Crippen LogP contribution in [0.1, 0.15) is 114 Å². The summed E-state index contributed by atoms with van der Waals surface area (Å²) in [4.78, 5) is 120. The highest BCUT2D eigenvalue weighted by atomic mass is 35.5. The van der Waals surface area contributed by atoms with E-state index in [1.807, 2.05) is 13.0 Å². The molecule has 0 unspecified atom stereocenters. The molecule has 2 saturated carbocycles. The predicted octanol–water partition coefficient (Wildman–Crippen LogP) is 3.23. The summed E-state index contributed by atoms with van der Waals surface area (Å²) in [5.41, 5.74) is 0.761. The molecule has 24 nitrogen and oxygen atoms in total. The smallest absolute Gasteiger partial charge is 0.329 e. The van der Waals surface area contributed by atoms with Crippen LogP contribution in [0.15, 0.2) is 84.9 Å². The molecule has 9 N–H and O–H groups in total. The highest BCUT2D eigenvalue weighted by Gasteiger charge is 2.48. The van der Waals surface area contributed by atoms with E-state index in [4.69, 9.17) is 16.3 Å². The monoisotopic (exact) mass is 1130 g/mol. The second-order valence-electron chi connectivity index (χ2n) is 21.5. The predicted molar refractivity (Wildman–Crippen MR) is 288 cm³/mol. The van der Waals surface area contributed by atoms with Crippen LogP contribution in [0.2, 0.25) is 5.15 Å². The maximum absolute atomic E-state index is 15.2. The number of cyclic esters (lactones) is 1. The summed E-state index contributed by atoms with van der Waals surface area (Å²) in [7, 11) is 0. The van der Waals surface area contributed by atoms with E-state index in [1.165, 1.54) is 24.0 Å². The van der Waals surface area contributed by atoms with Crippen LogP contribution in [0.5, 0.6) is 0 Å². The van der Waals surface area contributed by atoms with Crippen molar-refractivity contribution in [2.24, 2.45) is 23.7 Å². The third kappa shape index (κ3) is 14.5. The van der Waals surface area contributed by atoms with Gasteiger partial charge in [-0.1, -0.05) is 119 Å². The van der Waals surface area contributed by atoms with Gasteiger partial charge in [0.1, 0.15) is 59.2 Å². The zero-order chi connectivity index (χ0) is 58.3. The van der Waals surface area contributed by atoms with Gasteiger partial charge >= 0.3 is 5.97 Å². The van der Waals surface area contributed by atoms with Gasteiger partial charge in [0.15, 0.2) is 0 Å². The Hall–Kier alpha value is -6.93. The van der Waals surface area contributed by atoms with Crippen molar-refractivity contribution in [2.75, 3.05) is 6.54 Å². The number of hydroxylamine groups is 4. The Labute approximate surface area is 468 Å². The Morgan fingerprint density at radius 1 is 0.787 bits per heavy atom. The Balaban J connectivity index is 1.33. The highest BCUT2D eigenvalue weighted by molar-refractivity contribution is 6.30. The molecule has 4 aliphatic rings. The molecule has 0 spiro atoms. The molecule has 0 radical (unpaired) electrons. The summed E-state index contributed by atoms with van der Waals surface area (Å²) in [6, 6.07) is 7.18. The molecule has 2 aliphatic carbocycles. The van der Waals surface area contributed by atoms with Crippen LogP contribution in [0, 0.1) is 34.1 Å². The number of allylic oxidation sites excluding steroid dienone is 1. The average Bonchev–Trinajstić information content (AvgIpc) is 4.33. The van der Waals surface area contributed by atoms with Gasteiger partial charge in [-0.15, -0.1) is 0 Å². The van der Waals surface area contributed by atoms with Crippen molar-refractivity contribution in [1.82, 2.24) is 52.0 Å². The number of ether oxygens (including phenoxy) is 1. The summed E-state index contributed by atoms with van der Waals surface area (Å²) in [5.74, 6) is -11.3. The van der Waals surface area contributed by atoms with Crippen molar-refractivity contribution in [3.8, 4) is 0 Å². The molecule has 2 saturated heterocycles. The highest BCUT2D eigenvalue weighted by Crippen LogP contribution is 2.40. The molecule has 0 bridgehead atoms. The molecular formula is C55H71ClN10O14-2. The molecule has 7 rings (SSSR count). The molecule has 3 aromatic rings. The number of amides is 7. The van der Waals surface area contributed by atoms with Crippen LogP contribution < -0.4 is 31.9 Å². The summed E-state index contributed by atoms with van der Waals surface area (Å²) < 4.78 is 6.46. The summed E-state index contributed by atoms with van der Waals surface area (Å²) >= 11 is 5.99. The Kier molecular flexibility index (Phi) is 20.2. The average molecular weight is 1130 g/mol. The number of hydrogen-bond acceptors (Lipinski definition) is 16. The van der Waals surface area contributed by atoms with Gasteiger partial charge in [0, 0.05) is 30.5 Å². The fourth-order valence-electron chi connectivity index (χ4n) is 10.7. The van der Waals surface area contributed by atoms with E-state index in [9.17, 15) is 50.0 Å². The van der Waals surface area contributed by atoms with Gasteiger partial charge in [0.25, 0.3) is 5.91 Å². The number of benzene rings is 2. The van der Waals surface area contributed by atoms with E-state index < -0.39 is 143 Å². The number of nitrogens with one attached hydrogen (secondary N) is 6. The molecule has 7 amide bonds. The Bertz CT molecular complexity index is 2750. The first-order valence-corrected chi connectivity index (χ1v) is 27.3. The zero-order valence-electron chi connectivity index (χ0n) is 45.3. The lowest BCUT2D eigenvalue weighted by atomic mass is 9.90. The lowest BCUT2D eigenvalue weighted by Crippen LogP contribution is -2.62. The summed E-state index contributed by atoms with van der Waals surface area (Å²) in [5, 5.41) is 69.5. The number of carbonyl (C=O) groups excluding carboxylic acids is 8. The Morgan fingerprint density at radius 3 is 1.86 bits per heavy atom. The minimum atomic E-state index is -1.91. The van der Waals surface area contributed by atoms with Gasteiger partial charge in [-0.2, -0.15) is 4.73 Å². The van der Waals surface area contributed by atoms with Crippen LogP contribution in [-0.2, 0) is 38.3 Å². The maximum Gasteiger partial charge on any atom is 0.329 e. The first-order valence-electron chi connectivity index (χ1n) is 27.0. The SMILES string of the molecule is C/C=C\[C@H]1C[C@H]2C(=O)O[C@H](C)[C@@H](NC(=O)[C@H](C[C@@H]3C[C@H]3N([O-])O)NC(=O)c3ccc(Cl)n3O)C(=O)N[C@@H]([C@H](C)c3ccccc3)C(=O)N[C@H](C[C@@H]3C[C@H]3N([O-])O)C(=O)N[C@@H]([C@H](C)c3ccccc3)C(=O)N[C@@H]([C@@H](C)CC)C(=O)N2C1. The van der Waals surface area contributed by atoms with Crippen molar-refractivity contribution >= 4 is 58.9 Å². The van der Waals surface area contributed by atoms with Crippen LogP contribution in [0.3, 0.4) is 0 Å². The third-order valence-corrected chi connectivity index (χ3v) is 16.3. The largest absolute Gasteiger partial charge is 0.762 e. The van der Waals surface area contributed by atoms with E-state index in [1.54, 1.807) is 94.4 Å². The minimum absolute atomic E-state index is 0.00721. The lowest BCUT2D eigenvalue weighted by Gasteiger charge is -2.34. The lowest BCUT2D eigenvalue weighted by molar-refractivity contribution is -0.161. The van der Waals surface area contributed by atoms with E-state index in [0.29, 0.717) is 22.3 Å². The number of fused-ring (bicyclic) bond motifs is 1. The van der Waals surface area contributed by atoms with Crippen molar-refractivity contribution in [2.45, 2.75) is 152 Å². The van der Waals surface area contributed by atoms with Gasteiger partial charge < -0.3 is 67.6 Å². The normalized spacial score (nSPS) is 29.4. The number of hydrogen-bond donors (Lipinski definition) is 9. The second-order valence-corrected chi connectivity index (χ2v) is 21.9. The first-order chi connectivity index (χ1) is 38.0. The molecule has 2 aliphatic heterocycles. The molecular weight excluding hydrogens is 1060 g/mol. The third-order valence-electron chi connectivity index (χ3n) is 16.0. The number of halogens is 1. The van der Waals surface area contributed by atoms with E-state index in [2.05, 4.69) is 31.9 Å². The summed E-state index contributed by atoms with van der Waals surface area (Å²) in [6.07, 6.45) is 2.12. The topological polar surface area (TPSA) is 339 Å². The Morgan fingerprint density at radius 2 is 1.34 bits per heavy atom. The number of rotatable bonds is 17. The second kappa shape index (κ2) is 26.6. The van der Waals surface area contributed by atoms with E-state index in [0.717, 1.165) is 0 Å². The molecule has 434 valence electrons. The maximum atomic E-state index is 15.2. The van der Waals surface area contributed by atoms with Crippen molar-refractivity contribution in [3.05, 3.63) is 117 Å². The number of esters is 1. The molecule has 1 aromatic heterocycles. The van der Waals surface area contributed by atoms with Gasteiger partial charge in [-0.05, 0) is 92.9 Å². The van der Waals surface area contributed by atoms with E-state index in [-0.39, 0.29) is 60.2 Å². The van der Waals surface area contributed by atoms with Crippen LogP contribution in [0.25, 0.3) is 0 Å². The summed E-state index contributed by atoms with van der Waals surface area (Å²) in [6.45, 7) is 9.95. The molecule has 3 heterocycles. The zero-order valence-corrected chi connectivity index (χ0v) is 46.0. The molecule has 2 aromatic carbocycles. The van der Waals surface area contributed by atoms with Gasteiger partial charge in [0.05, 0.1) is 0 Å². The number of aromatic nitrogens is 1.